The van der Waals surface area contributed by atoms with Gasteiger partial charge >= 0.3 is 17.9 Å². The lowest BCUT2D eigenvalue weighted by Crippen LogP contribution is -2.31. The Labute approximate surface area is 316 Å². The van der Waals surface area contributed by atoms with Gasteiger partial charge in [0.25, 0.3) is 0 Å². The lowest BCUT2D eigenvalue weighted by Gasteiger charge is -2.18. The van der Waals surface area contributed by atoms with Gasteiger partial charge in [-0.1, -0.05) is 117 Å². The molecule has 12 heteroatoms. The van der Waals surface area contributed by atoms with Gasteiger partial charge in [-0.15, -0.1) is 0 Å². The maximum atomic E-state index is 13.4. The Balaban J connectivity index is 1.53. The summed E-state index contributed by atoms with van der Waals surface area (Å²) >= 11 is 0. The number of carbonyl (C=O) groups excluding carboxylic acids is 3. The summed E-state index contributed by atoms with van der Waals surface area (Å²) < 4.78 is 12.6. The summed E-state index contributed by atoms with van der Waals surface area (Å²) in [6.45, 7) is 7.90. The zero-order valence-electron chi connectivity index (χ0n) is 32.9. The van der Waals surface area contributed by atoms with Crippen molar-refractivity contribution < 1.29 is 33.6 Å². The van der Waals surface area contributed by atoms with Crippen LogP contribution in [0.15, 0.2) is 17.2 Å². The van der Waals surface area contributed by atoms with Crippen molar-refractivity contribution in [2.24, 2.45) is 0 Å². The molecule has 53 heavy (non-hydrogen) atoms. The number of hydrogen-bond acceptors (Lipinski definition) is 11. The van der Waals surface area contributed by atoms with Crippen LogP contribution < -0.4 is 10.3 Å². The van der Waals surface area contributed by atoms with Gasteiger partial charge in [0.05, 0.1) is 5.39 Å². The predicted octanol–water partition coefficient (Wildman–Crippen LogP) is 8.80. The molecule has 298 valence electrons. The lowest BCUT2D eigenvalue weighted by atomic mass is 10.1. The van der Waals surface area contributed by atoms with Gasteiger partial charge in [-0.25, -0.2) is 9.78 Å². The van der Waals surface area contributed by atoms with Crippen LogP contribution in [0.1, 0.15) is 172 Å². The Bertz CT molecular complexity index is 1390. The molecule has 0 N–H and O–H groups in total. The van der Waals surface area contributed by atoms with Crippen molar-refractivity contribution in [1.82, 2.24) is 14.5 Å². The normalized spacial score (nSPS) is 12.9. The van der Waals surface area contributed by atoms with Gasteiger partial charge in [-0.3, -0.25) is 19.3 Å². The van der Waals surface area contributed by atoms with Crippen molar-refractivity contribution >= 4 is 34.9 Å². The van der Waals surface area contributed by atoms with Crippen molar-refractivity contribution in [2.75, 3.05) is 31.2 Å². The first-order valence-corrected chi connectivity index (χ1v) is 20.7. The first-order valence-electron chi connectivity index (χ1n) is 20.7. The van der Waals surface area contributed by atoms with Gasteiger partial charge in [0.1, 0.15) is 24.4 Å². The van der Waals surface area contributed by atoms with Crippen LogP contribution in [0.3, 0.4) is 0 Å². The number of carbonyl (C=O) groups is 3. The molecule has 2 aromatic rings. The second kappa shape index (κ2) is 26.3. The highest BCUT2D eigenvalue weighted by Gasteiger charge is 2.24. The second-order valence-corrected chi connectivity index (χ2v) is 14.4. The van der Waals surface area contributed by atoms with Crippen LogP contribution in [-0.2, 0) is 35.4 Å². The van der Waals surface area contributed by atoms with E-state index in [4.69, 9.17) is 19.2 Å². The van der Waals surface area contributed by atoms with Crippen molar-refractivity contribution in [3.05, 3.63) is 28.2 Å². The van der Waals surface area contributed by atoms with Crippen molar-refractivity contribution in [3.8, 4) is 0 Å². The fourth-order valence-corrected chi connectivity index (χ4v) is 6.56. The highest BCUT2D eigenvalue weighted by atomic mass is 17.2. The van der Waals surface area contributed by atoms with Gasteiger partial charge in [-0.2, -0.15) is 9.87 Å². The van der Waals surface area contributed by atoms with Gasteiger partial charge < -0.3 is 18.9 Å². The fourth-order valence-electron chi connectivity index (χ4n) is 6.56. The maximum absolute atomic E-state index is 13.4. The molecular formula is C41H66N4O8. The zero-order chi connectivity index (χ0) is 38.1. The summed E-state index contributed by atoms with van der Waals surface area (Å²) in [5.41, 5.74) is -0.398. The number of aryl methyl sites for hydroxylation is 1. The standard InChI is InChI=1S/C41H66N4O8/c1-4-7-9-11-13-15-17-19-21-25-36(46)50-31-33(32-51-37(47)26-22-20-18-16-14-12-10-8-5-2)52-53-40(49)35-30-44(6-3)39-34(38(35)48)29-42-41(43-39)45-27-23-24-28-45/h29-30,33H,4-28,31-32H2,1-3H3. The van der Waals surface area contributed by atoms with E-state index in [1.165, 1.54) is 76.6 Å². The largest absolute Gasteiger partial charge is 0.463 e. The third-order valence-electron chi connectivity index (χ3n) is 9.84. The molecule has 0 aromatic carbocycles. The predicted molar refractivity (Wildman–Crippen MR) is 207 cm³/mol. The lowest BCUT2D eigenvalue weighted by molar-refractivity contribution is -0.288. The number of esters is 2. The van der Waals surface area contributed by atoms with Crippen molar-refractivity contribution in [1.29, 1.82) is 0 Å². The van der Waals surface area contributed by atoms with Crippen LogP contribution in [0, 0.1) is 0 Å². The van der Waals surface area contributed by atoms with E-state index in [0.717, 1.165) is 77.3 Å². The molecule has 0 aliphatic carbocycles. The quantitative estimate of drug-likeness (QED) is 0.0342. The molecule has 0 saturated carbocycles. The van der Waals surface area contributed by atoms with Crippen LogP contribution in [0.25, 0.3) is 11.0 Å². The van der Waals surface area contributed by atoms with E-state index >= 15 is 0 Å². The van der Waals surface area contributed by atoms with Crippen LogP contribution in [0.4, 0.5) is 5.95 Å². The Morgan fingerprint density at radius 2 is 1.21 bits per heavy atom. The van der Waals surface area contributed by atoms with Gasteiger partial charge in [-0.05, 0) is 32.6 Å². The highest BCUT2D eigenvalue weighted by Crippen LogP contribution is 2.19. The summed E-state index contributed by atoms with van der Waals surface area (Å²) in [6, 6.07) is 0. The van der Waals surface area contributed by atoms with Crippen molar-refractivity contribution in [2.45, 2.75) is 175 Å². The molecule has 12 nitrogen and oxygen atoms in total. The third-order valence-corrected chi connectivity index (χ3v) is 9.84. The molecule has 1 aliphatic rings. The minimum atomic E-state index is -1.07. The van der Waals surface area contributed by atoms with E-state index < -0.39 is 29.4 Å². The number of pyridine rings is 1. The van der Waals surface area contributed by atoms with E-state index in [2.05, 4.69) is 28.7 Å². The number of aromatic nitrogens is 3. The van der Waals surface area contributed by atoms with Gasteiger partial charge in [0, 0.05) is 44.9 Å². The summed E-state index contributed by atoms with van der Waals surface area (Å²) in [4.78, 5) is 73.3. The number of fused-ring (bicyclic) bond motifs is 1. The van der Waals surface area contributed by atoms with Crippen molar-refractivity contribution in [3.63, 3.8) is 0 Å². The van der Waals surface area contributed by atoms with E-state index in [1.807, 2.05) is 6.92 Å². The first kappa shape index (κ1) is 43.9. The Morgan fingerprint density at radius 1 is 0.717 bits per heavy atom. The Kier molecular flexibility index (Phi) is 21.7. The highest BCUT2D eigenvalue weighted by molar-refractivity contribution is 5.92. The summed E-state index contributed by atoms with van der Waals surface area (Å²) in [5.74, 6) is -1.27. The minimum Gasteiger partial charge on any atom is -0.463 e. The molecule has 0 atom stereocenters. The van der Waals surface area contributed by atoms with Crippen LogP contribution >= 0.6 is 0 Å². The molecule has 0 unspecified atom stereocenters. The molecule has 0 amide bonds. The van der Waals surface area contributed by atoms with E-state index in [-0.39, 0.29) is 37.0 Å². The molecule has 2 aromatic heterocycles. The smallest absolute Gasteiger partial charge is 0.378 e. The SMILES string of the molecule is CCCCCCCCCCCC(=O)OCC(COC(=O)CCCCCCCCCCC)OOC(=O)c1cn(CC)c2nc(N3CCCC3)ncc2c1=O. The summed E-state index contributed by atoms with van der Waals surface area (Å²) in [5, 5.41) is 0.191. The molecule has 0 bridgehead atoms. The third kappa shape index (κ3) is 16.6. The number of anilines is 1. The second-order valence-electron chi connectivity index (χ2n) is 14.4. The van der Waals surface area contributed by atoms with Crippen LogP contribution in [0.5, 0.6) is 0 Å². The summed E-state index contributed by atoms with van der Waals surface area (Å²) in [7, 11) is 0. The number of ether oxygens (including phenoxy) is 2. The fraction of sp³-hybridized carbons (Fsp3) is 0.756. The van der Waals surface area contributed by atoms with Crippen LogP contribution in [-0.4, -0.2) is 64.9 Å². The molecular weight excluding hydrogens is 676 g/mol. The summed E-state index contributed by atoms with van der Waals surface area (Å²) in [6.07, 6.45) is 24.8. The van der Waals surface area contributed by atoms with E-state index in [9.17, 15) is 19.2 Å². The molecule has 1 fully saturated rings. The molecule has 3 heterocycles. The monoisotopic (exact) mass is 742 g/mol. The first-order chi connectivity index (χ1) is 25.9. The topological polar surface area (TPSA) is 139 Å². The molecule has 0 radical (unpaired) electrons. The van der Waals surface area contributed by atoms with Crippen LogP contribution in [0.2, 0.25) is 0 Å². The Hall–Kier alpha value is -3.54. The number of hydrogen-bond donors (Lipinski definition) is 0. The molecule has 1 aliphatic heterocycles. The zero-order valence-corrected chi connectivity index (χ0v) is 32.9. The average molecular weight is 743 g/mol. The number of nitrogens with zero attached hydrogens (tertiary/aromatic N) is 4. The number of unbranched alkanes of at least 4 members (excludes halogenated alkanes) is 16. The van der Waals surface area contributed by atoms with Gasteiger partial charge in [0.2, 0.25) is 11.4 Å². The maximum Gasteiger partial charge on any atom is 0.378 e. The minimum absolute atomic E-state index is 0.191. The molecule has 1 saturated heterocycles. The molecule has 0 spiro atoms. The molecule has 3 rings (SSSR count). The van der Waals surface area contributed by atoms with E-state index in [0.29, 0.717) is 18.1 Å². The average Bonchev–Trinajstić information content (AvgIpc) is 3.72. The van der Waals surface area contributed by atoms with E-state index in [1.54, 1.807) is 4.57 Å². The number of rotatable bonds is 29. The van der Waals surface area contributed by atoms with Gasteiger partial charge in [0.15, 0.2) is 6.10 Å². The Morgan fingerprint density at radius 3 is 1.70 bits per heavy atom.